The molecule has 0 aromatic heterocycles. The summed E-state index contributed by atoms with van der Waals surface area (Å²) >= 11 is 5.96. The van der Waals surface area contributed by atoms with Crippen LogP contribution in [0.15, 0.2) is 0 Å². The van der Waals surface area contributed by atoms with Crippen LogP contribution in [0, 0.1) is 0 Å². The average Bonchev–Trinajstić information content (AvgIpc) is 2.31. The van der Waals surface area contributed by atoms with E-state index in [0.717, 1.165) is 12.8 Å². The number of ether oxygens (including phenoxy) is 1. The predicted molar refractivity (Wildman–Crippen MR) is 78.0 cm³/mol. The summed E-state index contributed by atoms with van der Waals surface area (Å²) in [6.07, 6.45) is 13.4. The molecule has 0 saturated carbocycles. The number of hydrogen-bond acceptors (Lipinski definition) is 1. The Morgan fingerprint density at radius 2 is 1.47 bits per heavy atom. The molecule has 17 heavy (non-hydrogen) atoms. The Labute approximate surface area is 113 Å². The zero-order chi connectivity index (χ0) is 12.9. The average molecular weight is 263 g/mol. The van der Waals surface area contributed by atoms with Gasteiger partial charge in [0, 0.05) is 12.5 Å². The van der Waals surface area contributed by atoms with Crippen molar-refractivity contribution in [1.29, 1.82) is 0 Å². The fourth-order valence-corrected chi connectivity index (χ4v) is 2.25. The van der Waals surface area contributed by atoms with Crippen LogP contribution in [0.25, 0.3) is 0 Å². The minimum atomic E-state index is 0.279. The number of halogens is 1. The molecular weight excluding hydrogens is 232 g/mol. The first-order valence-corrected chi connectivity index (χ1v) is 7.81. The van der Waals surface area contributed by atoms with E-state index in [1.807, 2.05) is 7.11 Å². The molecule has 0 bridgehead atoms. The monoisotopic (exact) mass is 262 g/mol. The first-order chi connectivity index (χ1) is 8.20. The third-order valence-electron chi connectivity index (χ3n) is 3.35. The maximum Gasteiger partial charge on any atom is 0.0571 e. The summed E-state index contributed by atoms with van der Waals surface area (Å²) in [7, 11) is 1.82. The standard InChI is InChI=1S/C15H31ClO/c1-4-5-6-7-8-9-10-11-15(17-3)13-12-14(2)16/h14-15H,4-13H2,1-3H3. The fraction of sp³-hybridized carbons (Fsp3) is 1.00. The van der Waals surface area contributed by atoms with Crippen LogP contribution < -0.4 is 0 Å². The second-order valence-corrected chi connectivity index (χ2v) is 5.87. The highest BCUT2D eigenvalue weighted by atomic mass is 35.5. The van der Waals surface area contributed by atoms with Crippen molar-refractivity contribution in [3.63, 3.8) is 0 Å². The van der Waals surface area contributed by atoms with Gasteiger partial charge in [-0.2, -0.15) is 0 Å². The smallest absolute Gasteiger partial charge is 0.0571 e. The van der Waals surface area contributed by atoms with Crippen molar-refractivity contribution in [1.82, 2.24) is 0 Å². The summed E-state index contributed by atoms with van der Waals surface area (Å²) in [4.78, 5) is 0. The SMILES string of the molecule is CCCCCCCCCC(CCC(C)Cl)OC. The van der Waals surface area contributed by atoms with E-state index in [0.29, 0.717) is 6.10 Å². The first kappa shape index (κ1) is 17.2. The first-order valence-electron chi connectivity index (χ1n) is 7.37. The number of rotatable bonds is 12. The molecule has 0 aromatic carbocycles. The Morgan fingerprint density at radius 1 is 0.882 bits per heavy atom. The van der Waals surface area contributed by atoms with Crippen molar-refractivity contribution in [2.24, 2.45) is 0 Å². The van der Waals surface area contributed by atoms with Gasteiger partial charge in [0.1, 0.15) is 0 Å². The van der Waals surface area contributed by atoms with Gasteiger partial charge in [0.2, 0.25) is 0 Å². The van der Waals surface area contributed by atoms with Gasteiger partial charge in [-0.3, -0.25) is 0 Å². The Morgan fingerprint density at radius 3 is 2.00 bits per heavy atom. The van der Waals surface area contributed by atoms with Crippen LogP contribution in [-0.4, -0.2) is 18.6 Å². The Hall–Kier alpha value is 0.250. The highest BCUT2D eigenvalue weighted by molar-refractivity contribution is 6.20. The van der Waals surface area contributed by atoms with Crippen LogP contribution in [0.2, 0.25) is 0 Å². The minimum absolute atomic E-state index is 0.279. The predicted octanol–water partition coefficient (Wildman–Crippen LogP) is 5.55. The van der Waals surface area contributed by atoms with Crippen LogP contribution in [0.1, 0.15) is 78.1 Å². The number of unbranched alkanes of at least 4 members (excludes halogenated alkanes) is 6. The number of alkyl halides is 1. The van der Waals surface area contributed by atoms with Crippen LogP contribution in [-0.2, 0) is 4.74 Å². The molecule has 2 atom stereocenters. The Bertz CT molecular complexity index is 148. The van der Waals surface area contributed by atoms with Crippen molar-refractivity contribution < 1.29 is 4.74 Å². The maximum absolute atomic E-state index is 5.96. The normalized spacial score (nSPS) is 14.8. The quantitative estimate of drug-likeness (QED) is 0.331. The zero-order valence-corrected chi connectivity index (χ0v) is 12.8. The van der Waals surface area contributed by atoms with Gasteiger partial charge in [-0.25, -0.2) is 0 Å². The Balaban J connectivity index is 3.31. The molecule has 0 aliphatic heterocycles. The molecule has 0 rings (SSSR count). The zero-order valence-electron chi connectivity index (χ0n) is 12.0. The largest absolute Gasteiger partial charge is 0.381 e. The summed E-state index contributed by atoms with van der Waals surface area (Å²) in [5, 5.41) is 0.279. The third kappa shape index (κ3) is 12.5. The highest BCUT2D eigenvalue weighted by Crippen LogP contribution is 2.16. The molecule has 1 nitrogen and oxygen atoms in total. The summed E-state index contributed by atoms with van der Waals surface area (Å²) < 4.78 is 5.49. The van der Waals surface area contributed by atoms with Crippen molar-refractivity contribution in [3.05, 3.63) is 0 Å². The van der Waals surface area contributed by atoms with Crippen LogP contribution in [0.5, 0.6) is 0 Å². The molecule has 0 spiro atoms. The van der Waals surface area contributed by atoms with Crippen LogP contribution in [0.3, 0.4) is 0 Å². The summed E-state index contributed by atoms with van der Waals surface area (Å²) in [6.45, 7) is 4.32. The van der Waals surface area contributed by atoms with E-state index in [1.165, 1.54) is 51.4 Å². The van der Waals surface area contributed by atoms with Crippen molar-refractivity contribution in [3.8, 4) is 0 Å². The molecule has 0 amide bonds. The van der Waals surface area contributed by atoms with E-state index in [4.69, 9.17) is 16.3 Å². The van der Waals surface area contributed by atoms with Gasteiger partial charge in [0.25, 0.3) is 0 Å². The van der Waals surface area contributed by atoms with Crippen molar-refractivity contribution in [2.45, 2.75) is 89.5 Å². The second kappa shape index (κ2) is 12.7. The molecular formula is C15H31ClO. The second-order valence-electron chi connectivity index (χ2n) is 5.13. The maximum atomic E-state index is 5.96. The molecule has 2 heteroatoms. The van der Waals surface area contributed by atoms with Gasteiger partial charge in [-0.1, -0.05) is 51.9 Å². The summed E-state index contributed by atoms with van der Waals surface area (Å²) in [6, 6.07) is 0. The highest BCUT2D eigenvalue weighted by Gasteiger charge is 2.08. The molecule has 0 saturated heterocycles. The van der Waals surface area contributed by atoms with Gasteiger partial charge >= 0.3 is 0 Å². The van der Waals surface area contributed by atoms with E-state index in [1.54, 1.807) is 0 Å². The van der Waals surface area contributed by atoms with E-state index in [9.17, 15) is 0 Å². The van der Waals surface area contributed by atoms with Gasteiger partial charge < -0.3 is 4.74 Å². The number of methoxy groups -OCH3 is 1. The minimum Gasteiger partial charge on any atom is -0.381 e. The summed E-state index contributed by atoms with van der Waals surface area (Å²) in [5.41, 5.74) is 0. The van der Waals surface area contributed by atoms with Gasteiger partial charge in [0.15, 0.2) is 0 Å². The van der Waals surface area contributed by atoms with Gasteiger partial charge in [-0.15, -0.1) is 11.6 Å². The molecule has 0 N–H and O–H groups in total. The number of hydrogen-bond donors (Lipinski definition) is 0. The molecule has 0 aliphatic rings. The lowest BCUT2D eigenvalue weighted by Gasteiger charge is -2.15. The van der Waals surface area contributed by atoms with Crippen LogP contribution >= 0.6 is 11.6 Å². The third-order valence-corrected chi connectivity index (χ3v) is 3.57. The van der Waals surface area contributed by atoms with Gasteiger partial charge in [-0.05, 0) is 26.2 Å². The molecule has 2 unspecified atom stereocenters. The molecule has 0 heterocycles. The molecule has 104 valence electrons. The lowest BCUT2D eigenvalue weighted by Crippen LogP contribution is -2.12. The van der Waals surface area contributed by atoms with E-state index >= 15 is 0 Å². The van der Waals surface area contributed by atoms with E-state index < -0.39 is 0 Å². The fourth-order valence-electron chi connectivity index (χ4n) is 2.12. The van der Waals surface area contributed by atoms with Crippen LogP contribution in [0.4, 0.5) is 0 Å². The molecule has 0 fully saturated rings. The topological polar surface area (TPSA) is 9.23 Å². The lowest BCUT2D eigenvalue weighted by molar-refractivity contribution is 0.0838. The van der Waals surface area contributed by atoms with Crippen molar-refractivity contribution >= 4 is 11.6 Å². The van der Waals surface area contributed by atoms with Gasteiger partial charge in [0.05, 0.1) is 6.10 Å². The lowest BCUT2D eigenvalue weighted by atomic mass is 10.0. The molecule has 0 radical (unpaired) electrons. The van der Waals surface area contributed by atoms with E-state index in [2.05, 4.69) is 13.8 Å². The Kier molecular flexibility index (Phi) is 12.9. The summed E-state index contributed by atoms with van der Waals surface area (Å²) in [5.74, 6) is 0. The molecule has 0 aromatic rings. The van der Waals surface area contributed by atoms with Crippen molar-refractivity contribution in [2.75, 3.05) is 7.11 Å². The molecule has 0 aliphatic carbocycles. The van der Waals surface area contributed by atoms with E-state index in [-0.39, 0.29) is 5.38 Å².